The molecule has 0 atom stereocenters. The van der Waals surface area contributed by atoms with Crippen molar-refractivity contribution in [3.63, 3.8) is 0 Å². The van der Waals surface area contributed by atoms with Crippen LogP contribution in [-0.4, -0.2) is 12.5 Å². The fourth-order valence-electron chi connectivity index (χ4n) is 0.149. The largest absolute Gasteiger partial charge is 0.450 e. The van der Waals surface area contributed by atoms with Crippen LogP contribution in [0, 0.1) is 0 Å². The number of hydrogen-bond donors (Lipinski definition) is 1. The molecule has 0 aliphatic rings. The van der Waals surface area contributed by atoms with E-state index < -0.39 is 0 Å². The van der Waals surface area contributed by atoms with Crippen LogP contribution in [0.15, 0.2) is 11.5 Å². The Morgan fingerprint density at radius 3 is 2.17 bits per heavy atom. The van der Waals surface area contributed by atoms with Gasteiger partial charge in [-0.1, -0.05) is 11.5 Å². The topological polar surface area (TPSA) is 20.2 Å². The molecule has 1 radical (unpaired) electrons. The number of rotatable bonds is 1. The molecule has 0 amide bonds. The normalized spacial score (nSPS) is 7.17. The average Bonchev–Trinajstić information content (AvgIpc) is 1.35. The Morgan fingerprint density at radius 1 is 1.67 bits per heavy atom. The van der Waals surface area contributed by atoms with Crippen LogP contribution in [-0.2, 0) is 0 Å². The van der Waals surface area contributed by atoms with E-state index in [9.17, 15) is 0 Å². The fourth-order valence-corrected chi connectivity index (χ4v) is 0.149. The van der Waals surface area contributed by atoms with Crippen molar-refractivity contribution in [2.75, 3.05) is 0 Å². The second-order valence-electron chi connectivity index (χ2n) is 1.39. The third kappa shape index (κ3) is 3.76. The van der Waals surface area contributed by atoms with E-state index in [4.69, 9.17) is 5.02 Å². The van der Waals surface area contributed by atoms with Crippen LogP contribution in [0.1, 0.15) is 13.8 Å². The molecule has 0 aromatic heterocycles. The van der Waals surface area contributed by atoms with Crippen molar-refractivity contribution in [1.29, 1.82) is 0 Å². The fraction of sp³-hybridized carbons (Fsp3) is 0.500. The van der Waals surface area contributed by atoms with E-state index in [0.717, 1.165) is 13.1 Å². The van der Waals surface area contributed by atoms with E-state index in [1.54, 1.807) is 5.98 Å². The summed E-state index contributed by atoms with van der Waals surface area (Å²) in [5.41, 5.74) is 1.11. The molecule has 0 saturated heterocycles. The molecule has 0 bridgehead atoms. The Morgan fingerprint density at radius 2 is 2.17 bits per heavy atom. The van der Waals surface area contributed by atoms with Gasteiger partial charge >= 0.3 is 7.48 Å². The molecule has 6 heavy (non-hydrogen) atoms. The third-order valence-corrected chi connectivity index (χ3v) is 0.408. The lowest BCUT2D eigenvalue weighted by molar-refractivity contribution is 0.614. The van der Waals surface area contributed by atoms with Crippen LogP contribution in [0.25, 0.3) is 0 Å². The maximum absolute atomic E-state index is 8.04. The SMILES string of the molecule is CC(C)=C[B]O. The van der Waals surface area contributed by atoms with Gasteiger partial charge in [0.25, 0.3) is 0 Å². The van der Waals surface area contributed by atoms with Crippen LogP contribution < -0.4 is 0 Å². The van der Waals surface area contributed by atoms with Gasteiger partial charge in [-0.3, -0.25) is 0 Å². The maximum Gasteiger partial charge on any atom is 0.318 e. The summed E-state index contributed by atoms with van der Waals surface area (Å²) in [4.78, 5) is 0. The summed E-state index contributed by atoms with van der Waals surface area (Å²) in [6, 6.07) is 0. The highest BCUT2D eigenvalue weighted by atomic mass is 16.2. The Kier molecular flexibility index (Phi) is 2.86. The second-order valence-corrected chi connectivity index (χ2v) is 1.39. The molecule has 1 N–H and O–H groups in total. The highest BCUT2D eigenvalue weighted by Crippen LogP contribution is 1.82. The van der Waals surface area contributed by atoms with Crippen molar-refractivity contribution < 1.29 is 5.02 Å². The number of hydrogen-bond acceptors (Lipinski definition) is 1. The van der Waals surface area contributed by atoms with Gasteiger partial charge in [-0.15, -0.1) is 0 Å². The van der Waals surface area contributed by atoms with Crippen LogP contribution in [0.4, 0.5) is 0 Å². The highest BCUT2D eigenvalue weighted by Gasteiger charge is 1.72. The molecular weight excluding hydrogens is 74.9 g/mol. The predicted octanol–water partition coefficient (Wildman–Crippen LogP) is 0.522. The summed E-state index contributed by atoms with van der Waals surface area (Å²) in [6.07, 6.45) is 0. The van der Waals surface area contributed by atoms with Gasteiger partial charge in [0.1, 0.15) is 0 Å². The maximum atomic E-state index is 8.04. The lowest BCUT2D eigenvalue weighted by Gasteiger charge is -1.77. The predicted molar refractivity (Wildman–Crippen MR) is 27.4 cm³/mol. The van der Waals surface area contributed by atoms with E-state index in [-0.39, 0.29) is 0 Å². The molecule has 0 aromatic rings. The summed E-state index contributed by atoms with van der Waals surface area (Å²) < 4.78 is 0. The van der Waals surface area contributed by atoms with Gasteiger partial charge in [-0.2, -0.15) is 0 Å². The second kappa shape index (κ2) is 2.97. The summed E-state index contributed by atoms with van der Waals surface area (Å²) >= 11 is 0. The van der Waals surface area contributed by atoms with Gasteiger partial charge < -0.3 is 5.02 Å². The van der Waals surface area contributed by atoms with E-state index in [1.165, 1.54) is 0 Å². The highest BCUT2D eigenvalue weighted by molar-refractivity contribution is 6.32. The molecule has 0 heterocycles. The van der Waals surface area contributed by atoms with Crippen molar-refractivity contribution in [3.05, 3.63) is 11.5 Å². The first-order chi connectivity index (χ1) is 2.77. The monoisotopic (exact) mass is 83.1 g/mol. The van der Waals surface area contributed by atoms with Gasteiger partial charge in [-0.05, 0) is 13.8 Å². The van der Waals surface area contributed by atoms with Crippen molar-refractivity contribution in [3.8, 4) is 0 Å². The van der Waals surface area contributed by atoms with Crippen molar-refractivity contribution in [2.45, 2.75) is 13.8 Å². The van der Waals surface area contributed by atoms with Gasteiger partial charge in [0.15, 0.2) is 0 Å². The molecule has 0 spiro atoms. The van der Waals surface area contributed by atoms with Gasteiger partial charge in [0, 0.05) is 0 Å². The zero-order valence-electron chi connectivity index (χ0n) is 4.10. The molecule has 0 aliphatic heterocycles. The van der Waals surface area contributed by atoms with Gasteiger partial charge in [0.2, 0.25) is 0 Å². The summed E-state index contributed by atoms with van der Waals surface area (Å²) in [5, 5.41) is 8.04. The van der Waals surface area contributed by atoms with E-state index in [0.29, 0.717) is 0 Å². The first-order valence-electron chi connectivity index (χ1n) is 1.88. The first-order valence-corrected chi connectivity index (χ1v) is 1.88. The van der Waals surface area contributed by atoms with Crippen LogP contribution in [0.3, 0.4) is 0 Å². The zero-order valence-corrected chi connectivity index (χ0v) is 4.10. The van der Waals surface area contributed by atoms with E-state index in [1.807, 2.05) is 13.8 Å². The Balaban J connectivity index is 3.14. The smallest absolute Gasteiger partial charge is 0.318 e. The minimum absolute atomic E-state index is 1.04. The lowest BCUT2D eigenvalue weighted by atomic mass is 9.99. The number of allylic oxidation sites excluding steroid dienone is 1. The molecule has 0 rings (SSSR count). The van der Waals surface area contributed by atoms with Crippen LogP contribution in [0.5, 0.6) is 0 Å². The van der Waals surface area contributed by atoms with Crippen LogP contribution in [0.2, 0.25) is 0 Å². The molecule has 2 heteroatoms. The summed E-state index contributed by atoms with van der Waals surface area (Å²) in [7, 11) is 1.04. The lowest BCUT2D eigenvalue weighted by Crippen LogP contribution is -1.78. The van der Waals surface area contributed by atoms with E-state index in [2.05, 4.69) is 0 Å². The summed E-state index contributed by atoms with van der Waals surface area (Å²) in [5.74, 6) is 1.64. The molecule has 0 saturated carbocycles. The molecule has 1 nitrogen and oxygen atoms in total. The standard InChI is InChI=1S/C4H8BO/c1-4(2)3-5-6/h3,6H,1-2H3. The molecule has 0 aliphatic carbocycles. The molecular formula is C4H8BO. The molecule has 0 fully saturated rings. The zero-order chi connectivity index (χ0) is 4.99. The molecule has 33 valence electrons. The Hall–Kier alpha value is -0.235. The third-order valence-electron chi connectivity index (χ3n) is 0.408. The van der Waals surface area contributed by atoms with Crippen LogP contribution >= 0.6 is 0 Å². The van der Waals surface area contributed by atoms with Crippen molar-refractivity contribution in [2.24, 2.45) is 0 Å². The average molecular weight is 82.9 g/mol. The Bertz CT molecular complexity index is 54.6. The molecule has 0 aromatic carbocycles. The van der Waals surface area contributed by atoms with Gasteiger partial charge in [0.05, 0.1) is 0 Å². The van der Waals surface area contributed by atoms with Crippen molar-refractivity contribution >= 4 is 7.48 Å². The van der Waals surface area contributed by atoms with Gasteiger partial charge in [-0.25, -0.2) is 0 Å². The quantitative estimate of drug-likeness (QED) is 0.458. The summed E-state index contributed by atoms with van der Waals surface area (Å²) in [6.45, 7) is 3.85. The first kappa shape index (κ1) is 5.76. The minimum atomic E-state index is 1.04. The minimum Gasteiger partial charge on any atom is -0.450 e. The van der Waals surface area contributed by atoms with Crippen molar-refractivity contribution in [1.82, 2.24) is 0 Å². The van der Waals surface area contributed by atoms with E-state index >= 15 is 0 Å². The molecule has 0 unspecified atom stereocenters. The Labute approximate surface area is 39.0 Å².